The van der Waals surface area contributed by atoms with Gasteiger partial charge in [0.05, 0.1) is 24.0 Å². The summed E-state index contributed by atoms with van der Waals surface area (Å²) in [6.07, 6.45) is -2.21. The highest BCUT2D eigenvalue weighted by molar-refractivity contribution is 6.00. The summed E-state index contributed by atoms with van der Waals surface area (Å²) in [6, 6.07) is 5.97. The number of aliphatic hydroxyl groups is 1. The van der Waals surface area contributed by atoms with Crippen molar-refractivity contribution in [3.8, 4) is 5.75 Å². The van der Waals surface area contributed by atoms with Crippen molar-refractivity contribution >= 4 is 17.6 Å². The van der Waals surface area contributed by atoms with Crippen LogP contribution in [0, 0.1) is 5.41 Å². The number of ether oxygens (including phenoxy) is 2. The molecule has 1 saturated heterocycles. The molecule has 9 heteroatoms. The maximum absolute atomic E-state index is 13.1. The minimum atomic E-state index is -4.41. The molecular weight excluding hydrogens is 403 g/mol. The topological polar surface area (TPSA) is 76.1 Å². The van der Waals surface area contributed by atoms with Crippen molar-refractivity contribution in [2.75, 3.05) is 24.7 Å². The molecule has 1 N–H and O–H groups in total. The van der Waals surface area contributed by atoms with Gasteiger partial charge in [0, 0.05) is 12.2 Å². The van der Waals surface area contributed by atoms with Gasteiger partial charge in [0.15, 0.2) is 6.61 Å². The second-order valence-corrected chi connectivity index (χ2v) is 8.09. The Kier molecular flexibility index (Phi) is 6.31. The summed E-state index contributed by atoms with van der Waals surface area (Å²) in [5.41, 5.74) is -1.13. The predicted molar refractivity (Wildman–Crippen MR) is 102 cm³/mol. The number of benzene rings is 1. The van der Waals surface area contributed by atoms with Gasteiger partial charge in [-0.25, -0.2) is 0 Å². The van der Waals surface area contributed by atoms with Gasteiger partial charge in [-0.1, -0.05) is 0 Å². The number of amides is 1. The first-order valence-electron chi connectivity index (χ1n) is 10.1. The zero-order chi connectivity index (χ0) is 22.0. The molecule has 1 heterocycles. The van der Waals surface area contributed by atoms with Gasteiger partial charge in [0.2, 0.25) is 5.91 Å². The molecule has 0 bridgehead atoms. The molecule has 0 aromatic heterocycles. The van der Waals surface area contributed by atoms with E-state index in [1.165, 1.54) is 12.1 Å². The van der Waals surface area contributed by atoms with E-state index in [0.29, 0.717) is 44.3 Å². The molecule has 0 radical (unpaired) electrons. The van der Waals surface area contributed by atoms with E-state index in [1.54, 1.807) is 24.0 Å². The van der Waals surface area contributed by atoms with Crippen molar-refractivity contribution < 1.29 is 37.3 Å². The van der Waals surface area contributed by atoms with Crippen LogP contribution >= 0.6 is 0 Å². The van der Waals surface area contributed by atoms with Crippen molar-refractivity contribution in [1.29, 1.82) is 0 Å². The number of esters is 1. The molecule has 1 aromatic carbocycles. The lowest BCUT2D eigenvalue weighted by Gasteiger charge is -2.40. The number of anilines is 1. The van der Waals surface area contributed by atoms with Gasteiger partial charge >= 0.3 is 12.1 Å². The van der Waals surface area contributed by atoms with E-state index in [0.717, 1.165) is 0 Å². The second kappa shape index (κ2) is 8.45. The quantitative estimate of drug-likeness (QED) is 0.700. The van der Waals surface area contributed by atoms with Gasteiger partial charge in [0.1, 0.15) is 5.75 Å². The molecule has 1 saturated carbocycles. The van der Waals surface area contributed by atoms with Crippen LogP contribution in [0.2, 0.25) is 0 Å². The fourth-order valence-corrected chi connectivity index (χ4v) is 4.27. The van der Waals surface area contributed by atoms with Crippen LogP contribution in [0.15, 0.2) is 24.3 Å². The maximum Gasteiger partial charge on any atom is 0.422 e. The Morgan fingerprint density at radius 3 is 2.33 bits per heavy atom. The molecule has 0 atom stereocenters. The van der Waals surface area contributed by atoms with Gasteiger partial charge in [0.25, 0.3) is 0 Å². The SMILES string of the molecule is CCOC(=O)C[C@]1(O)CC[C@]2(CCN(c3ccc(OCC(F)(F)F)cc3)C2=O)CC1. The van der Waals surface area contributed by atoms with Crippen molar-refractivity contribution in [1.82, 2.24) is 0 Å². The van der Waals surface area contributed by atoms with Crippen molar-refractivity contribution in [3.63, 3.8) is 0 Å². The standard InChI is InChI=1S/C21H26F3NO5/c1-2-29-17(26)13-20(28)9-7-19(8-10-20)11-12-25(18(19)27)15-3-5-16(6-4-15)30-14-21(22,23)24/h3-6,28H,2,7-14H2,1H3/t19-,20+. The van der Waals surface area contributed by atoms with E-state index in [2.05, 4.69) is 0 Å². The highest BCUT2D eigenvalue weighted by Gasteiger charge is 2.52. The van der Waals surface area contributed by atoms with Crippen LogP contribution in [-0.4, -0.2) is 48.5 Å². The summed E-state index contributed by atoms with van der Waals surface area (Å²) >= 11 is 0. The summed E-state index contributed by atoms with van der Waals surface area (Å²) in [7, 11) is 0. The van der Waals surface area contributed by atoms with Gasteiger partial charge in [-0.3, -0.25) is 9.59 Å². The number of carbonyl (C=O) groups excluding carboxylic acids is 2. The molecule has 1 aliphatic carbocycles. The van der Waals surface area contributed by atoms with Crippen LogP contribution in [0.3, 0.4) is 0 Å². The van der Waals surface area contributed by atoms with Crippen LogP contribution in [0.25, 0.3) is 0 Å². The number of hydrogen-bond donors (Lipinski definition) is 1. The zero-order valence-corrected chi connectivity index (χ0v) is 16.8. The Morgan fingerprint density at radius 2 is 1.77 bits per heavy atom. The van der Waals surface area contributed by atoms with Crippen LogP contribution in [0.1, 0.15) is 45.4 Å². The molecule has 1 spiro atoms. The smallest absolute Gasteiger partial charge is 0.422 e. The highest BCUT2D eigenvalue weighted by Crippen LogP contribution is 2.49. The molecule has 3 rings (SSSR count). The van der Waals surface area contributed by atoms with E-state index >= 15 is 0 Å². The Morgan fingerprint density at radius 1 is 1.13 bits per heavy atom. The zero-order valence-electron chi connectivity index (χ0n) is 16.8. The number of carbonyl (C=O) groups is 2. The monoisotopic (exact) mass is 429 g/mol. The average Bonchev–Trinajstić information content (AvgIpc) is 2.99. The van der Waals surface area contributed by atoms with E-state index in [-0.39, 0.29) is 24.7 Å². The first kappa shape index (κ1) is 22.4. The molecule has 6 nitrogen and oxygen atoms in total. The summed E-state index contributed by atoms with van der Waals surface area (Å²) < 4.78 is 46.4. The Bertz CT molecular complexity index is 770. The Balaban J connectivity index is 1.60. The van der Waals surface area contributed by atoms with Crippen molar-refractivity contribution in [3.05, 3.63) is 24.3 Å². The van der Waals surface area contributed by atoms with E-state index in [1.807, 2.05) is 0 Å². The lowest BCUT2D eigenvalue weighted by Crippen LogP contribution is -2.44. The van der Waals surface area contributed by atoms with Crippen LogP contribution in [0.4, 0.5) is 18.9 Å². The fourth-order valence-electron chi connectivity index (χ4n) is 4.27. The first-order valence-corrected chi connectivity index (χ1v) is 10.1. The summed E-state index contributed by atoms with van der Waals surface area (Å²) in [6.45, 7) is 1.09. The van der Waals surface area contributed by atoms with E-state index in [9.17, 15) is 27.9 Å². The van der Waals surface area contributed by atoms with Gasteiger partial charge in [-0.15, -0.1) is 0 Å². The molecule has 1 aromatic rings. The maximum atomic E-state index is 13.1. The van der Waals surface area contributed by atoms with Gasteiger partial charge < -0.3 is 19.5 Å². The summed E-state index contributed by atoms with van der Waals surface area (Å²) in [4.78, 5) is 26.5. The number of rotatable bonds is 6. The number of nitrogens with zero attached hydrogens (tertiary/aromatic N) is 1. The third-order valence-corrected chi connectivity index (χ3v) is 5.98. The third kappa shape index (κ3) is 5.06. The molecule has 30 heavy (non-hydrogen) atoms. The molecule has 166 valence electrons. The Labute approximate surface area is 172 Å². The molecule has 1 aliphatic heterocycles. The number of halogens is 3. The van der Waals surface area contributed by atoms with Crippen molar-refractivity contribution in [2.24, 2.45) is 5.41 Å². The minimum Gasteiger partial charge on any atom is -0.484 e. The molecule has 0 unspecified atom stereocenters. The van der Waals surface area contributed by atoms with Crippen molar-refractivity contribution in [2.45, 2.75) is 57.2 Å². The van der Waals surface area contributed by atoms with Crippen LogP contribution in [0.5, 0.6) is 5.75 Å². The average molecular weight is 429 g/mol. The summed E-state index contributed by atoms with van der Waals surface area (Å²) in [5, 5.41) is 10.7. The lowest BCUT2D eigenvalue weighted by molar-refractivity contribution is -0.153. The predicted octanol–water partition coefficient (Wildman–Crippen LogP) is 3.61. The number of alkyl halides is 3. The number of hydrogen-bond acceptors (Lipinski definition) is 5. The highest BCUT2D eigenvalue weighted by atomic mass is 19.4. The molecule has 2 fully saturated rings. The normalized spacial score (nSPS) is 26.8. The minimum absolute atomic E-state index is 0.0513. The van der Waals surface area contributed by atoms with Gasteiger partial charge in [-0.2, -0.15) is 13.2 Å². The fraction of sp³-hybridized carbons (Fsp3) is 0.619. The largest absolute Gasteiger partial charge is 0.484 e. The van der Waals surface area contributed by atoms with Gasteiger partial charge in [-0.05, 0) is 63.3 Å². The van der Waals surface area contributed by atoms with E-state index in [4.69, 9.17) is 9.47 Å². The second-order valence-electron chi connectivity index (χ2n) is 8.09. The lowest BCUT2D eigenvalue weighted by atomic mass is 9.67. The first-order chi connectivity index (χ1) is 14.1. The molecular formula is C21H26F3NO5. The third-order valence-electron chi connectivity index (χ3n) is 5.98. The molecule has 2 aliphatic rings. The van der Waals surface area contributed by atoms with E-state index < -0.39 is 29.8 Å². The van der Waals surface area contributed by atoms with Crippen LogP contribution in [-0.2, 0) is 14.3 Å². The van der Waals surface area contributed by atoms with Crippen LogP contribution < -0.4 is 9.64 Å². The summed E-state index contributed by atoms with van der Waals surface area (Å²) in [5.74, 6) is -0.410. The molecule has 1 amide bonds. The Hall–Kier alpha value is -2.29.